The van der Waals surface area contributed by atoms with Crippen LogP contribution in [0, 0.1) is 0 Å². The normalized spacial score (nSPS) is 13.4. The molecule has 0 fully saturated rings. The lowest BCUT2D eigenvalue weighted by Gasteiger charge is -2.17. The Kier molecular flexibility index (Phi) is 5.68. The van der Waals surface area contributed by atoms with Gasteiger partial charge in [0.15, 0.2) is 0 Å². The van der Waals surface area contributed by atoms with Crippen LogP contribution < -0.4 is 5.32 Å². The van der Waals surface area contributed by atoms with E-state index in [0.29, 0.717) is 24.7 Å². The summed E-state index contributed by atoms with van der Waals surface area (Å²) in [5, 5.41) is 2.97. The number of ether oxygens (including phenoxy) is 1. The Bertz CT molecular complexity index is 350. The molecule has 0 saturated heterocycles. The number of halogens is 4. The highest BCUT2D eigenvalue weighted by atomic mass is 35.5. The van der Waals surface area contributed by atoms with Crippen LogP contribution in [-0.4, -0.2) is 30.6 Å². The molecule has 1 aromatic heterocycles. The quantitative estimate of drug-likeness (QED) is 0.814. The van der Waals surface area contributed by atoms with Gasteiger partial charge in [-0.05, 0) is 18.6 Å². The fourth-order valence-corrected chi connectivity index (χ4v) is 1.65. The van der Waals surface area contributed by atoms with E-state index in [-0.39, 0.29) is 6.04 Å². The van der Waals surface area contributed by atoms with Gasteiger partial charge in [-0.15, -0.1) is 11.6 Å². The number of aromatic nitrogens is 1. The summed E-state index contributed by atoms with van der Waals surface area (Å²) in [6, 6.07) is 2.20. The summed E-state index contributed by atoms with van der Waals surface area (Å²) in [7, 11) is 1.54. The van der Waals surface area contributed by atoms with Gasteiger partial charge in [0, 0.05) is 19.2 Å². The molecule has 0 aliphatic rings. The predicted molar refractivity (Wildman–Crippen MR) is 63.9 cm³/mol. The number of hydrogen-bond acceptors (Lipinski definition) is 3. The lowest BCUT2D eigenvalue weighted by Crippen LogP contribution is -2.26. The minimum absolute atomic E-state index is 0.0725. The highest BCUT2D eigenvalue weighted by Crippen LogP contribution is 2.28. The molecule has 0 aliphatic carbocycles. The molecule has 0 spiro atoms. The molecule has 102 valence electrons. The van der Waals surface area contributed by atoms with E-state index in [9.17, 15) is 13.2 Å². The van der Waals surface area contributed by atoms with Crippen LogP contribution in [0.5, 0.6) is 0 Å². The largest absolute Gasteiger partial charge is 0.417 e. The minimum Gasteiger partial charge on any atom is -0.383 e. The molecule has 0 amide bonds. The third-order valence-corrected chi connectivity index (χ3v) is 2.49. The van der Waals surface area contributed by atoms with Crippen molar-refractivity contribution in [2.75, 3.05) is 24.9 Å². The zero-order valence-electron chi connectivity index (χ0n) is 9.80. The van der Waals surface area contributed by atoms with Gasteiger partial charge in [0.25, 0.3) is 0 Å². The maximum atomic E-state index is 12.3. The van der Waals surface area contributed by atoms with Crippen molar-refractivity contribution in [3.8, 4) is 0 Å². The Labute approximate surface area is 108 Å². The van der Waals surface area contributed by atoms with E-state index in [1.54, 1.807) is 7.11 Å². The molecule has 0 saturated carbocycles. The Morgan fingerprint density at radius 1 is 1.44 bits per heavy atom. The van der Waals surface area contributed by atoms with Crippen LogP contribution in [0.1, 0.15) is 12.0 Å². The lowest BCUT2D eigenvalue weighted by molar-refractivity contribution is -0.137. The molecular formula is C11H14ClF3N2O. The molecule has 18 heavy (non-hydrogen) atoms. The van der Waals surface area contributed by atoms with Crippen molar-refractivity contribution >= 4 is 17.4 Å². The van der Waals surface area contributed by atoms with Crippen LogP contribution in [0.2, 0.25) is 0 Å². The summed E-state index contributed by atoms with van der Waals surface area (Å²) in [5.74, 6) is 0.803. The van der Waals surface area contributed by atoms with Crippen molar-refractivity contribution in [3.63, 3.8) is 0 Å². The number of hydrogen-bond donors (Lipinski definition) is 1. The summed E-state index contributed by atoms with van der Waals surface area (Å²) < 4.78 is 42.0. The second-order valence-corrected chi connectivity index (χ2v) is 4.08. The Morgan fingerprint density at radius 3 is 2.61 bits per heavy atom. The maximum absolute atomic E-state index is 12.3. The average Bonchev–Trinajstić information content (AvgIpc) is 2.29. The van der Waals surface area contributed by atoms with Gasteiger partial charge in [0.05, 0.1) is 18.2 Å². The molecule has 1 heterocycles. The molecule has 0 bridgehead atoms. The van der Waals surface area contributed by atoms with Crippen molar-refractivity contribution in [3.05, 3.63) is 23.9 Å². The summed E-state index contributed by atoms with van der Waals surface area (Å²) >= 11 is 5.62. The predicted octanol–water partition coefficient (Wildman–Crippen LogP) is 3.16. The number of pyridine rings is 1. The molecule has 1 rings (SSSR count). The fraction of sp³-hybridized carbons (Fsp3) is 0.545. The molecule has 3 nitrogen and oxygen atoms in total. The zero-order chi connectivity index (χ0) is 13.6. The van der Waals surface area contributed by atoms with E-state index in [1.807, 2.05) is 0 Å². The van der Waals surface area contributed by atoms with Crippen LogP contribution in [0.3, 0.4) is 0 Å². The SMILES string of the molecule is COCC(CCCl)Nc1ccc(C(F)(F)F)cn1. The van der Waals surface area contributed by atoms with Gasteiger partial charge in [-0.1, -0.05) is 0 Å². The molecule has 7 heteroatoms. The number of alkyl halides is 4. The topological polar surface area (TPSA) is 34.1 Å². The van der Waals surface area contributed by atoms with Gasteiger partial charge in [-0.3, -0.25) is 0 Å². The average molecular weight is 283 g/mol. The van der Waals surface area contributed by atoms with Gasteiger partial charge in [-0.25, -0.2) is 4.98 Å². The Balaban J connectivity index is 2.67. The molecular weight excluding hydrogens is 269 g/mol. The summed E-state index contributed by atoms with van der Waals surface area (Å²) in [5.41, 5.74) is -0.770. The second-order valence-electron chi connectivity index (χ2n) is 3.70. The van der Waals surface area contributed by atoms with Crippen molar-refractivity contribution < 1.29 is 17.9 Å². The smallest absolute Gasteiger partial charge is 0.383 e. The number of rotatable bonds is 6. The number of anilines is 1. The third kappa shape index (κ3) is 4.70. The number of nitrogens with one attached hydrogen (secondary N) is 1. The Hall–Kier alpha value is -1.01. The van der Waals surface area contributed by atoms with Crippen LogP contribution in [0.4, 0.5) is 19.0 Å². The molecule has 1 aromatic rings. The maximum Gasteiger partial charge on any atom is 0.417 e. The molecule has 0 radical (unpaired) electrons. The van der Waals surface area contributed by atoms with Crippen LogP contribution in [-0.2, 0) is 10.9 Å². The van der Waals surface area contributed by atoms with Crippen LogP contribution in [0.25, 0.3) is 0 Å². The first kappa shape index (κ1) is 15.0. The minimum atomic E-state index is -4.37. The molecule has 1 unspecified atom stereocenters. The summed E-state index contributed by atoms with van der Waals surface area (Å²) in [6.45, 7) is 0.412. The highest BCUT2D eigenvalue weighted by Gasteiger charge is 2.30. The van der Waals surface area contributed by atoms with Crippen molar-refractivity contribution in [2.45, 2.75) is 18.6 Å². The zero-order valence-corrected chi connectivity index (χ0v) is 10.6. The first-order valence-corrected chi connectivity index (χ1v) is 5.85. The highest BCUT2D eigenvalue weighted by molar-refractivity contribution is 6.17. The van der Waals surface area contributed by atoms with Gasteiger partial charge >= 0.3 is 6.18 Å². The third-order valence-electron chi connectivity index (χ3n) is 2.27. The van der Waals surface area contributed by atoms with Crippen molar-refractivity contribution in [2.24, 2.45) is 0 Å². The lowest BCUT2D eigenvalue weighted by atomic mass is 10.2. The Morgan fingerprint density at radius 2 is 2.17 bits per heavy atom. The van der Waals surface area contributed by atoms with Crippen LogP contribution in [0.15, 0.2) is 18.3 Å². The van der Waals surface area contributed by atoms with Gasteiger partial charge in [0.2, 0.25) is 0 Å². The first-order chi connectivity index (χ1) is 8.47. The monoisotopic (exact) mass is 282 g/mol. The van der Waals surface area contributed by atoms with E-state index >= 15 is 0 Å². The van der Waals surface area contributed by atoms with Crippen LogP contribution >= 0.6 is 11.6 Å². The summed E-state index contributed by atoms with van der Waals surface area (Å²) in [4.78, 5) is 3.72. The van der Waals surface area contributed by atoms with E-state index in [1.165, 1.54) is 6.07 Å². The van der Waals surface area contributed by atoms with Crippen molar-refractivity contribution in [1.29, 1.82) is 0 Å². The second kappa shape index (κ2) is 6.80. The van der Waals surface area contributed by atoms with E-state index in [2.05, 4.69) is 10.3 Å². The molecule has 0 aromatic carbocycles. The molecule has 1 atom stereocenters. The molecule has 1 N–H and O–H groups in total. The number of methoxy groups -OCH3 is 1. The fourth-order valence-electron chi connectivity index (χ4n) is 1.39. The first-order valence-electron chi connectivity index (χ1n) is 5.32. The van der Waals surface area contributed by atoms with Crippen molar-refractivity contribution in [1.82, 2.24) is 4.98 Å². The van der Waals surface area contributed by atoms with E-state index < -0.39 is 11.7 Å². The standard InChI is InChI=1S/C11H14ClF3N2O/c1-18-7-9(4-5-12)17-10-3-2-8(6-16-10)11(13,14)15/h2-3,6,9H,4-5,7H2,1H3,(H,16,17). The molecule has 0 aliphatic heterocycles. The van der Waals surface area contributed by atoms with Gasteiger partial charge < -0.3 is 10.1 Å². The van der Waals surface area contributed by atoms with Gasteiger partial charge in [0.1, 0.15) is 5.82 Å². The van der Waals surface area contributed by atoms with E-state index in [0.717, 1.165) is 12.3 Å². The van der Waals surface area contributed by atoms with E-state index in [4.69, 9.17) is 16.3 Å². The van der Waals surface area contributed by atoms with Gasteiger partial charge in [-0.2, -0.15) is 13.2 Å². The number of nitrogens with zero attached hydrogens (tertiary/aromatic N) is 1. The summed E-state index contributed by atoms with van der Waals surface area (Å²) in [6.07, 6.45) is -2.93.